The van der Waals surface area contributed by atoms with Crippen LogP contribution in [0.1, 0.15) is 0 Å². The topological polar surface area (TPSA) is 40.1 Å². The number of allylic oxidation sites excluding steroid dienone is 7. The van der Waals surface area contributed by atoms with Gasteiger partial charge in [0.1, 0.15) is 0 Å². The second kappa shape index (κ2) is 12.2. The first-order chi connectivity index (χ1) is 7.29. The Bertz CT molecular complexity index is 490. The number of aliphatic carboxylic acids is 1. The summed E-state index contributed by atoms with van der Waals surface area (Å²) in [5.41, 5.74) is 4.03. The van der Waals surface area contributed by atoms with Crippen LogP contribution in [-0.2, 0) is 4.79 Å². The van der Waals surface area contributed by atoms with Gasteiger partial charge in [-0.3, -0.25) is 5.73 Å². The largest absolute Gasteiger partial charge is 1.00 e. The van der Waals surface area contributed by atoms with Gasteiger partial charge in [-0.25, -0.2) is 0 Å². The predicted molar refractivity (Wildman–Crippen MR) is 65.5 cm³/mol. The van der Waals surface area contributed by atoms with Crippen molar-refractivity contribution in [3.8, 4) is 0 Å². The number of hydrogen-bond acceptors (Lipinski definition) is 2. The molecule has 0 spiro atoms. The average Bonchev–Trinajstić information content (AvgIpc) is 2.30. The summed E-state index contributed by atoms with van der Waals surface area (Å²) in [7, 11) is 0. The summed E-state index contributed by atoms with van der Waals surface area (Å²) < 4.78 is 0. The van der Waals surface area contributed by atoms with Gasteiger partial charge in [-0.15, -0.1) is 12.5 Å². The Labute approximate surface area is 235 Å². The van der Waals surface area contributed by atoms with Crippen molar-refractivity contribution in [1.82, 2.24) is 0 Å². The van der Waals surface area contributed by atoms with E-state index in [0.29, 0.717) is 5.57 Å². The second-order valence-electron chi connectivity index (χ2n) is 3.02. The molecule has 0 N–H and O–H groups in total. The van der Waals surface area contributed by atoms with E-state index in [2.05, 4.69) is 11.8 Å². The van der Waals surface area contributed by atoms with E-state index < -0.39 is 5.97 Å². The minimum Gasteiger partial charge on any atom is -0.544 e. The van der Waals surface area contributed by atoms with Crippen molar-refractivity contribution >= 4 is 109 Å². The van der Waals surface area contributed by atoms with Crippen LogP contribution in [0.5, 0.6) is 0 Å². The molecule has 2 rings (SSSR count). The summed E-state index contributed by atoms with van der Waals surface area (Å²) in [6.07, 6.45) is 15.2. The fraction of sp³-hybridized carbons (Fsp3) is 0. The van der Waals surface area contributed by atoms with Crippen molar-refractivity contribution in [3.63, 3.8) is 0 Å². The second-order valence-corrected chi connectivity index (χ2v) is 3.02. The van der Waals surface area contributed by atoms with E-state index in [-0.39, 0.29) is 160 Å². The number of carbonyl (C=O) groups excluding carboxylic acids is 1. The van der Waals surface area contributed by atoms with Gasteiger partial charge in [0.05, 0.1) is 17.6 Å². The summed E-state index contributed by atoms with van der Waals surface area (Å²) in [6, 6.07) is 0. The molecule has 0 saturated heterocycles. The smallest absolute Gasteiger partial charge is 0.544 e. The molecule has 0 bridgehead atoms. The maximum absolute atomic E-state index is 10.8. The molecular weight excluding hydrogens is 305 g/mol. The van der Waals surface area contributed by atoms with Crippen LogP contribution in [0, 0.1) is 12.5 Å². The molecule has 0 atom stereocenters. The van der Waals surface area contributed by atoms with Gasteiger partial charge >= 0.3 is 51.4 Å². The van der Waals surface area contributed by atoms with E-state index in [0.717, 1.165) is 5.57 Å². The number of carboxylic acids is 1. The zero-order chi connectivity index (χ0) is 10.7. The van der Waals surface area contributed by atoms with Crippen LogP contribution in [0.2, 0.25) is 0 Å². The van der Waals surface area contributed by atoms with Crippen LogP contribution in [0.25, 0.3) is 0 Å². The fourth-order valence-corrected chi connectivity index (χ4v) is 1.39. The minimum atomic E-state index is -1.22. The molecule has 0 aromatic rings. The third-order valence-corrected chi connectivity index (χ3v) is 2.06. The van der Waals surface area contributed by atoms with E-state index in [1.165, 1.54) is 0 Å². The SMILES string of the molecule is O=C([O-])C1=C=C[CH-]C=C1C1=CC=CC=[C+]1.[K+].[K].[K]. The molecule has 0 aromatic heterocycles. The fourth-order valence-electron chi connectivity index (χ4n) is 1.39. The van der Waals surface area contributed by atoms with Crippen LogP contribution in [0.15, 0.2) is 58.9 Å². The van der Waals surface area contributed by atoms with Crippen LogP contribution in [0.4, 0.5) is 0 Å². The Morgan fingerprint density at radius 1 is 1.33 bits per heavy atom. The molecule has 2 aliphatic carbocycles. The molecule has 2 nitrogen and oxygen atoms in total. The first-order valence-corrected chi connectivity index (χ1v) is 4.48. The van der Waals surface area contributed by atoms with Gasteiger partial charge in [0, 0.05) is 133 Å². The summed E-state index contributed by atoms with van der Waals surface area (Å²) in [5, 5.41) is 10.8. The zero-order valence-corrected chi connectivity index (χ0v) is 20.2. The molecule has 0 unspecified atom stereocenters. The molecule has 0 saturated carbocycles. The monoisotopic (exact) mass is 312 g/mol. The molecule has 0 aliphatic heterocycles. The summed E-state index contributed by atoms with van der Waals surface area (Å²) in [5.74, 6) is -1.22. The number of carbonyl (C=O) groups is 1. The molecule has 5 heteroatoms. The summed E-state index contributed by atoms with van der Waals surface area (Å²) >= 11 is 0. The molecule has 74 valence electrons. The van der Waals surface area contributed by atoms with Gasteiger partial charge in [-0.05, 0) is 0 Å². The van der Waals surface area contributed by atoms with Crippen molar-refractivity contribution in [1.29, 1.82) is 0 Å². The van der Waals surface area contributed by atoms with Crippen molar-refractivity contribution < 1.29 is 61.3 Å². The molecule has 18 heavy (non-hydrogen) atoms. The standard InChI is InChI=1S/C13H8O2.3K/c14-13(15)12-9-5-4-8-11(12)10-6-2-1-3-7-10;;;/h1-6,8H,(H,14,15);;;/q;;;+1/p-1. The maximum atomic E-state index is 10.8. The zero-order valence-electron chi connectivity index (χ0n) is 10.9. The first kappa shape index (κ1) is 22.9. The van der Waals surface area contributed by atoms with Gasteiger partial charge in [-0.1, -0.05) is 6.08 Å². The van der Waals surface area contributed by atoms with Crippen LogP contribution < -0.4 is 56.5 Å². The van der Waals surface area contributed by atoms with E-state index in [1.54, 1.807) is 30.7 Å². The molecule has 2 aliphatic rings. The van der Waals surface area contributed by atoms with Crippen molar-refractivity contribution in [2.24, 2.45) is 0 Å². The molecule has 0 fully saturated rings. The van der Waals surface area contributed by atoms with Gasteiger partial charge in [0.2, 0.25) is 0 Å². The predicted octanol–water partition coefficient (Wildman–Crippen LogP) is -2.94. The van der Waals surface area contributed by atoms with Crippen molar-refractivity contribution in [3.05, 3.63) is 71.4 Å². The average molecular weight is 312 g/mol. The Kier molecular flexibility index (Phi) is 15.5. The van der Waals surface area contributed by atoms with Crippen LogP contribution in [0.3, 0.4) is 0 Å². The minimum absolute atomic E-state index is 0. The van der Waals surface area contributed by atoms with E-state index >= 15 is 0 Å². The Morgan fingerprint density at radius 3 is 2.61 bits per heavy atom. The van der Waals surface area contributed by atoms with E-state index in [4.69, 9.17) is 0 Å². The van der Waals surface area contributed by atoms with E-state index in [1.807, 2.05) is 12.2 Å². The van der Waals surface area contributed by atoms with Gasteiger partial charge in [0.15, 0.2) is 5.57 Å². The Morgan fingerprint density at radius 2 is 2.06 bits per heavy atom. The van der Waals surface area contributed by atoms with Crippen LogP contribution in [-0.4, -0.2) is 109 Å². The molecule has 0 aromatic carbocycles. The third kappa shape index (κ3) is 6.60. The van der Waals surface area contributed by atoms with Crippen molar-refractivity contribution in [2.75, 3.05) is 0 Å². The number of carboxylic acid groups (broad SMARTS) is 1. The molecule has 0 heterocycles. The van der Waals surface area contributed by atoms with Gasteiger partial charge in [0.25, 0.3) is 0 Å². The number of hydrogen-bond donors (Lipinski definition) is 0. The molecule has 2 radical (unpaired) electrons. The van der Waals surface area contributed by atoms with E-state index in [9.17, 15) is 9.90 Å². The molecular formula is C13H7K3O2. The first-order valence-electron chi connectivity index (χ1n) is 4.48. The normalized spacial score (nSPS) is 14.3. The third-order valence-electron chi connectivity index (χ3n) is 2.06. The van der Waals surface area contributed by atoms with Gasteiger partial charge < -0.3 is 9.90 Å². The van der Waals surface area contributed by atoms with Gasteiger partial charge in [-0.2, -0.15) is 0 Å². The Balaban J connectivity index is 0. The Hall–Kier alpha value is 2.64. The maximum Gasteiger partial charge on any atom is 1.00 e. The number of rotatable bonds is 2. The summed E-state index contributed by atoms with van der Waals surface area (Å²) in [6.45, 7) is 0. The molecule has 0 amide bonds. The summed E-state index contributed by atoms with van der Waals surface area (Å²) in [4.78, 5) is 10.8. The van der Waals surface area contributed by atoms with Crippen LogP contribution >= 0.6 is 0 Å². The quantitative estimate of drug-likeness (QED) is 0.311. The van der Waals surface area contributed by atoms with Crippen molar-refractivity contribution in [2.45, 2.75) is 0 Å².